The number of aromatic nitrogens is 2. The molecule has 2 aromatic rings. The van der Waals surface area contributed by atoms with Crippen molar-refractivity contribution in [3.8, 4) is 5.69 Å². The summed E-state index contributed by atoms with van der Waals surface area (Å²) in [6.07, 6.45) is 8.06. The number of para-hydroxylation sites is 1. The summed E-state index contributed by atoms with van der Waals surface area (Å²) in [6.45, 7) is 1.93. The number of rotatable bonds is 3. The van der Waals surface area contributed by atoms with Crippen LogP contribution in [0.4, 0.5) is 10.3 Å². The topological polar surface area (TPSA) is 29.9 Å². The van der Waals surface area contributed by atoms with Gasteiger partial charge in [-0.2, -0.15) is 0 Å². The molecule has 0 unspecified atom stereocenters. The molecule has 1 aromatic carbocycles. The maximum absolute atomic E-state index is 14.0. The summed E-state index contributed by atoms with van der Waals surface area (Å²) in [5.41, 5.74) is 1.44. The van der Waals surface area contributed by atoms with Gasteiger partial charge in [-0.15, -0.1) is 0 Å². The van der Waals surface area contributed by atoms with Gasteiger partial charge in [0, 0.05) is 12.2 Å². The Labute approximate surface area is 118 Å². The number of hydrogen-bond acceptors (Lipinski definition) is 2. The lowest BCUT2D eigenvalue weighted by Crippen LogP contribution is -2.24. The first-order valence-electron chi connectivity index (χ1n) is 7.31. The molecule has 1 saturated carbocycles. The second-order valence-corrected chi connectivity index (χ2v) is 5.51. The van der Waals surface area contributed by atoms with E-state index in [0.29, 0.717) is 11.7 Å². The van der Waals surface area contributed by atoms with Crippen LogP contribution in [0.15, 0.2) is 30.5 Å². The summed E-state index contributed by atoms with van der Waals surface area (Å²) >= 11 is 0. The lowest BCUT2D eigenvalue weighted by molar-refractivity contribution is 0.460. The van der Waals surface area contributed by atoms with Gasteiger partial charge in [0.15, 0.2) is 0 Å². The molecule has 3 rings (SSSR count). The molecule has 0 atom stereocenters. The fourth-order valence-corrected chi connectivity index (χ4v) is 2.86. The highest BCUT2D eigenvalue weighted by Gasteiger charge is 2.17. The molecule has 0 spiro atoms. The van der Waals surface area contributed by atoms with Crippen LogP contribution in [0.25, 0.3) is 5.69 Å². The van der Waals surface area contributed by atoms with Crippen LogP contribution in [0, 0.1) is 12.7 Å². The van der Waals surface area contributed by atoms with E-state index in [-0.39, 0.29) is 5.82 Å². The van der Waals surface area contributed by atoms with Crippen molar-refractivity contribution in [2.45, 2.75) is 45.1 Å². The average Bonchev–Trinajstić information content (AvgIpc) is 2.81. The zero-order chi connectivity index (χ0) is 13.9. The van der Waals surface area contributed by atoms with Crippen LogP contribution in [0.3, 0.4) is 0 Å². The number of hydrogen-bond donors (Lipinski definition) is 1. The van der Waals surface area contributed by atoms with Gasteiger partial charge < -0.3 is 5.32 Å². The summed E-state index contributed by atoms with van der Waals surface area (Å²) in [6, 6.07) is 7.27. The summed E-state index contributed by atoms with van der Waals surface area (Å²) < 4.78 is 15.8. The summed E-state index contributed by atoms with van der Waals surface area (Å²) in [7, 11) is 0. The van der Waals surface area contributed by atoms with Crippen molar-refractivity contribution >= 4 is 5.95 Å². The molecule has 1 fully saturated rings. The van der Waals surface area contributed by atoms with Crippen LogP contribution in [-0.2, 0) is 0 Å². The Morgan fingerprint density at radius 1 is 1.20 bits per heavy atom. The predicted octanol–water partition coefficient (Wildman–Crippen LogP) is 4.06. The molecule has 1 N–H and O–H groups in total. The third-order valence-corrected chi connectivity index (χ3v) is 3.88. The van der Waals surface area contributed by atoms with Crippen molar-refractivity contribution in [2.75, 3.05) is 5.32 Å². The number of benzene rings is 1. The van der Waals surface area contributed by atoms with Crippen LogP contribution in [0.5, 0.6) is 0 Å². The molecule has 0 amide bonds. The van der Waals surface area contributed by atoms with Crippen LogP contribution in [0.1, 0.15) is 37.8 Å². The van der Waals surface area contributed by atoms with E-state index in [9.17, 15) is 4.39 Å². The van der Waals surface area contributed by atoms with Gasteiger partial charge in [0.25, 0.3) is 0 Å². The Morgan fingerprint density at radius 2 is 1.95 bits per heavy atom. The zero-order valence-corrected chi connectivity index (χ0v) is 11.8. The van der Waals surface area contributed by atoms with E-state index in [1.807, 2.05) is 23.8 Å². The van der Waals surface area contributed by atoms with Gasteiger partial charge in [0.1, 0.15) is 5.82 Å². The van der Waals surface area contributed by atoms with Gasteiger partial charge in [-0.3, -0.25) is 4.57 Å². The largest absolute Gasteiger partial charge is 0.353 e. The van der Waals surface area contributed by atoms with E-state index in [1.165, 1.54) is 38.2 Å². The molecular weight excluding hydrogens is 253 g/mol. The third-order valence-electron chi connectivity index (χ3n) is 3.88. The first-order chi connectivity index (χ1) is 9.74. The molecule has 1 aromatic heterocycles. The van der Waals surface area contributed by atoms with Crippen molar-refractivity contribution in [1.29, 1.82) is 0 Å². The van der Waals surface area contributed by atoms with Crippen molar-refractivity contribution in [3.63, 3.8) is 0 Å². The first-order valence-corrected chi connectivity index (χ1v) is 7.31. The quantitative estimate of drug-likeness (QED) is 0.913. The van der Waals surface area contributed by atoms with Crippen molar-refractivity contribution in [3.05, 3.63) is 42.0 Å². The number of nitrogens with one attached hydrogen (secondary N) is 1. The molecule has 3 nitrogen and oxygen atoms in total. The minimum absolute atomic E-state index is 0.225. The molecule has 1 aliphatic carbocycles. The molecule has 106 valence electrons. The molecule has 4 heteroatoms. The molecule has 20 heavy (non-hydrogen) atoms. The van der Waals surface area contributed by atoms with E-state index in [4.69, 9.17) is 0 Å². The number of aryl methyl sites for hydroxylation is 1. The smallest absolute Gasteiger partial charge is 0.208 e. The minimum atomic E-state index is -0.225. The first kappa shape index (κ1) is 13.2. The third kappa shape index (κ3) is 2.69. The highest BCUT2D eigenvalue weighted by Crippen LogP contribution is 2.24. The van der Waals surface area contributed by atoms with E-state index < -0.39 is 0 Å². The van der Waals surface area contributed by atoms with Crippen LogP contribution >= 0.6 is 0 Å². The lowest BCUT2D eigenvalue weighted by Gasteiger charge is -2.23. The molecule has 0 radical (unpaired) electrons. The van der Waals surface area contributed by atoms with Crippen LogP contribution < -0.4 is 5.32 Å². The molecule has 0 bridgehead atoms. The van der Waals surface area contributed by atoms with E-state index >= 15 is 0 Å². The Bertz CT molecular complexity index is 585. The molecule has 1 aliphatic rings. The SMILES string of the molecule is Cc1cn(-c2ccccc2F)c(NC2CCCCC2)n1. The Hall–Kier alpha value is -1.84. The predicted molar refractivity (Wildman–Crippen MR) is 78.8 cm³/mol. The van der Waals surface area contributed by atoms with Crippen LogP contribution in [-0.4, -0.2) is 15.6 Å². The van der Waals surface area contributed by atoms with Crippen molar-refractivity contribution < 1.29 is 4.39 Å². The van der Waals surface area contributed by atoms with Gasteiger partial charge in [0.2, 0.25) is 5.95 Å². The van der Waals surface area contributed by atoms with Gasteiger partial charge >= 0.3 is 0 Å². The monoisotopic (exact) mass is 273 g/mol. The second-order valence-electron chi connectivity index (χ2n) is 5.51. The van der Waals surface area contributed by atoms with Gasteiger partial charge in [-0.25, -0.2) is 9.37 Å². The fourth-order valence-electron chi connectivity index (χ4n) is 2.86. The zero-order valence-electron chi connectivity index (χ0n) is 11.8. The molecular formula is C16H20FN3. The number of anilines is 1. The highest BCUT2D eigenvalue weighted by atomic mass is 19.1. The number of nitrogens with zero attached hydrogens (tertiary/aromatic N) is 2. The number of halogens is 1. The minimum Gasteiger partial charge on any atom is -0.353 e. The van der Waals surface area contributed by atoms with Crippen LogP contribution in [0.2, 0.25) is 0 Å². The number of imidazole rings is 1. The summed E-state index contributed by atoms with van der Waals surface area (Å²) in [5, 5.41) is 3.48. The molecule has 0 saturated heterocycles. The molecule has 0 aliphatic heterocycles. The average molecular weight is 273 g/mol. The Kier molecular flexibility index (Phi) is 3.72. The van der Waals surface area contributed by atoms with Crippen molar-refractivity contribution in [2.24, 2.45) is 0 Å². The standard InChI is InChI=1S/C16H20FN3/c1-12-11-20(15-10-6-5-9-14(15)17)16(18-12)19-13-7-3-2-4-8-13/h5-6,9-11,13H,2-4,7-8H2,1H3,(H,18,19). The van der Waals surface area contributed by atoms with Gasteiger partial charge in [-0.1, -0.05) is 31.4 Å². The lowest BCUT2D eigenvalue weighted by atomic mass is 9.96. The summed E-state index contributed by atoms with van der Waals surface area (Å²) in [4.78, 5) is 4.51. The Morgan fingerprint density at radius 3 is 2.70 bits per heavy atom. The highest BCUT2D eigenvalue weighted by molar-refractivity contribution is 5.44. The van der Waals surface area contributed by atoms with E-state index in [2.05, 4.69) is 10.3 Å². The van der Waals surface area contributed by atoms with Gasteiger partial charge in [-0.05, 0) is 31.9 Å². The van der Waals surface area contributed by atoms with E-state index in [1.54, 1.807) is 12.1 Å². The summed E-state index contributed by atoms with van der Waals surface area (Å²) in [5.74, 6) is 0.524. The van der Waals surface area contributed by atoms with Crippen molar-refractivity contribution in [1.82, 2.24) is 9.55 Å². The fraction of sp³-hybridized carbons (Fsp3) is 0.438. The Balaban J connectivity index is 1.90. The van der Waals surface area contributed by atoms with E-state index in [0.717, 1.165) is 11.6 Å². The van der Waals surface area contributed by atoms with Gasteiger partial charge in [0.05, 0.1) is 11.4 Å². The maximum atomic E-state index is 14.0. The molecule has 1 heterocycles. The maximum Gasteiger partial charge on any atom is 0.208 e. The normalized spacial score (nSPS) is 16.3. The second kappa shape index (κ2) is 5.65.